The number of nitrogens with zero attached hydrogens (tertiary/aromatic N) is 1. The number of halogens is 1. The van der Waals surface area contributed by atoms with Gasteiger partial charge in [0.15, 0.2) is 0 Å². The average molecular weight is 176 g/mol. The minimum absolute atomic E-state index is 0.195. The van der Waals surface area contributed by atoms with E-state index in [0.29, 0.717) is 12.1 Å². The van der Waals surface area contributed by atoms with E-state index in [0.717, 1.165) is 0 Å². The third-order valence-electron chi connectivity index (χ3n) is 2.67. The van der Waals surface area contributed by atoms with Gasteiger partial charge in [-0.2, -0.15) is 0 Å². The Bertz CT molecular complexity index is 115. The summed E-state index contributed by atoms with van der Waals surface area (Å²) in [6, 6.07) is 1.34. The van der Waals surface area contributed by atoms with E-state index in [1.807, 2.05) is 0 Å². The highest BCUT2D eigenvalue weighted by molar-refractivity contribution is 6.20. The van der Waals surface area contributed by atoms with Crippen molar-refractivity contribution in [2.75, 3.05) is 0 Å². The van der Waals surface area contributed by atoms with Gasteiger partial charge in [-0.15, -0.1) is 11.6 Å². The van der Waals surface area contributed by atoms with E-state index >= 15 is 0 Å². The number of hydrogen-bond acceptors (Lipinski definition) is 1. The van der Waals surface area contributed by atoms with Gasteiger partial charge in [0.2, 0.25) is 0 Å². The Labute approximate surface area is 74.7 Å². The molecule has 1 aliphatic heterocycles. The average Bonchev–Trinajstić information content (AvgIpc) is 1.85. The fraction of sp³-hybridized carbons (Fsp3) is 1.00. The number of likely N-dealkylation sites (tertiary alicyclic amines) is 1. The molecule has 0 bridgehead atoms. The minimum Gasteiger partial charge on any atom is -0.282 e. The lowest BCUT2D eigenvalue weighted by Gasteiger charge is -2.40. The molecule has 2 heteroatoms. The van der Waals surface area contributed by atoms with Crippen LogP contribution in [0.3, 0.4) is 0 Å². The van der Waals surface area contributed by atoms with Crippen LogP contribution in [0.2, 0.25) is 0 Å². The van der Waals surface area contributed by atoms with E-state index in [1.54, 1.807) is 0 Å². The molecule has 11 heavy (non-hydrogen) atoms. The standard InChI is InChI=1S/C9H18ClN/c1-7-5-4-6-8(2)11(7)9(3)10/h7-9H,4-6H2,1-3H3. The molecule has 1 saturated heterocycles. The van der Waals surface area contributed by atoms with Gasteiger partial charge in [-0.1, -0.05) is 6.42 Å². The zero-order valence-corrected chi connectivity index (χ0v) is 8.43. The summed E-state index contributed by atoms with van der Waals surface area (Å²) in [6.07, 6.45) is 3.98. The van der Waals surface area contributed by atoms with Gasteiger partial charge >= 0.3 is 0 Å². The lowest BCUT2D eigenvalue weighted by atomic mass is 9.98. The van der Waals surface area contributed by atoms with Crippen molar-refractivity contribution in [1.82, 2.24) is 4.90 Å². The lowest BCUT2D eigenvalue weighted by Crippen LogP contribution is -2.46. The zero-order valence-electron chi connectivity index (χ0n) is 7.68. The van der Waals surface area contributed by atoms with Crippen LogP contribution in [0.4, 0.5) is 0 Å². The topological polar surface area (TPSA) is 3.24 Å². The first-order chi connectivity index (χ1) is 5.13. The molecular formula is C9H18ClN. The summed E-state index contributed by atoms with van der Waals surface area (Å²) in [5.74, 6) is 0. The molecule has 1 fully saturated rings. The predicted molar refractivity (Wildman–Crippen MR) is 49.9 cm³/mol. The summed E-state index contributed by atoms with van der Waals surface area (Å²) in [5.41, 5.74) is 0.195. The van der Waals surface area contributed by atoms with Crippen molar-refractivity contribution >= 4 is 11.6 Å². The summed E-state index contributed by atoms with van der Waals surface area (Å²) in [5, 5.41) is 0. The second kappa shape index (κ2) is 3.77. The van der Waals surface area contributed by atoms with Crippen LogP contribution >= 0.6 is 11.6 Å². The maximum absolute atomic E-state index is 6.07. The van der Waals surface area contributed by atoms with Gasteiger partial charge in [0.25, 0.3) is 0 Å². The van der Waals surface area contributed by atoms with Crippen LogP contribution in [-0.2, 0) is 0 Å². The zero-order chi connectivity index (χ0) is 8.43. The van der Waals surface area contributed by atoms with Crippen molar-refractivity contribution in [3.63, 3.8) is 0 Å². The molecule has 1 aliphatic rings. The van der Waals surface area contributed by atoms with Crippen LogP contribution in [0.1, 0.15) is 40.0 Å². The lowest BCUT2D eigenvalue weighted by molar-refractivity contribution is 0.0945. The maximum atomic E-state index is 6.07. The second-order valence-electron chi connectivity index (χ2n) is 3.65. The Kier molecular flexibility index (Phi) is 3.20. The van der Waals surface area contributed by atoms with Crippen LogP contribution in [0, 0.1) is 0 Å². The van der Waals surface area contributed by atoms with Gasteiger partial charge in [0.05, 0.1) is 5.50 Å². The molecule has 1 nitrogen and oxygen atoms in total. The first-order valence-electron chi connectivity index (χ1n) is 4.54. The molecule has 3 atom stereocenters. The Morgan fingerprint density at radius 2 is 1.73 bits per heavy atom. The SMILES string of the molecule is CC(Cl)N1C(C)CCCC1C. The second-order valence-corrected chi connectivity index (χ2v) is 4.28. The predicted octanol–water partition coefficient (Wildman–Crippen LogP) is 2.83. The normalized spacial score (nSPS) is 37.1. The first kappa shape index (κ1) is 9.34. The van der Waals surface area contributed by atoms with E-state index < -0.39 is 0 Å². The van der Waals surface area contributed by atoms with Gasteiger partial charge < -0.3 is 0 Å². The molecule has 66 valence electrons. The molecule has 0 aliphatic carbocycles. The van der Waals surface area contributed by atoms with E-state index in [9.17, 15) is 0 Å². The highest BCUT2D eigenvalue weighted by Crippen LogP contribution is 2.25. The molecule has 0 aromatic heterocycles. The summed E-state index contributed by atoms with van der Waals surface area (Å²) in [6.45, 7) is 6.61. The summed E-state index contributed by atoms with van der Waals surface area (Å²) < 4.78 is 0. The van der Waals surface area contributed by atoms with Gasteiger partial charge in [0.1, 0.15) is 0 Å². The van der Waals surface area contributed by atoms with Crippen LogP contribution in [0.5, 0.6) is 0 Å². The Balaban J connectivity index is 2.55. The molecule has 3 unspecified atom stereocenters. The van der Waals surface area contributed by atoms with Gasteiger partial charge in [0, 0.05) is 12.1 Å². The van der Waals surface area contributed by atoms with E-state index in [-0.39, 0.29) is 5.50 Å². The largest absolute Gasteiger partial charge is 0.282 e. The molecule has 0 saturated carbocycles. The van der Waals surface area contributed by atoms with Crippen LogP contribution < -0.4 is 0 Å². The highest BCUT2D eigenvalue weighted by Gasteiger charge is 2.27. The Morgan fingerprint density at radius 1 is 1.27 bits per heavy atom. The quantitative estimate of drug-likeness (QED) is 0.438. The van der Waals surface area contributed by atoms with Gasteiger partial charge in [-0.05, 0) is 33.6 Å². The highest BCUT2D eigenvalue weighted by atomic mass is 35.5. The smallest absolute Gasteiger partial charge is 0.0826 e. The van der Waals surface area contributed by atoms with E-state index in [4.69, 9.17) is 11.6 Å². The van der Waals surface area contributed by atoms with E-state index in [2.05, 4.69) is 25.7 Å². The van der Waals surface area contributed by atoms with Crippen LogP contribution in [-0.4, -0.2) is 22.5 Å². The molecule has 0 N–H and O–H groups in total. The maximum Gasteiger partial charge on any atom is 0.0826 e. The summed E-state index contributed by atoms with van der Waals surface area (Å²) >= 11 is 6.07. The van der Waals surface area contributed by atoms with Crippen molar-refractivity contribution in [3.05, 3.63) is 0 Å². The van der Waals surface area contributed by atoms with Crippen molar-refractivity contribution in [3.8, 4) is 0 Å². The molecule has 0 radical (unpaired) electrons. The minimum atomic E-state index is 0.195. The Morgan fingerprint density at radius 3 is 2.00 bits per heavy atom. The first-order valence-corrected chi connectivity index (χ1v) is 4.98. The van der Waals surface area contributed by atoms with Crippen molar-refractivity contribution in [2.45, 2.75) is 57.6 Å². The van der Waals surface area contributed by atoms with Gasteiger partial charge in [-0.25, -0.2) is 0 Å². The molecule has 0 aromatic carbocycles. The van der Waals surface area contributed by atoms with Crippen molar-refractivity contribution < 1.29 is 0 Å². The molecule has 1 heterocycles. The fourth-order valence-corrected chi connectivity index (χ4v) is 2.53. The third kappa shape index (κ3) is 2.09. The molecule has 0 aromatic rings. The number of hydrogen-bond donors (Lipinski definition) is 0. The molecular weight excluding hydrogens is 158 g/mol. The number of piperidine rings is 1. The molecule has 0 spiro atoms. The monoisotopic (exact) mass is 175 g/mol. The van der Waals surface area contributed by atoms with Crippen molar-refractivity contribution in [2.24, 2.45) is 0 Å². The van der Waals surface area contributed by atoms with Crippen LogP contribution in [0.15, 0.2) is 0 Å². The molecule has 0 amide bonds. The summed E-state index contributed by atoms with van der Waals surface area (Å²) in [4.78, 5) is 2.41. The van der Waals surface area contributed by atoms with Crippen molar-refractivity contribution in [1.29, 1.82) is 0 Å². The van der Waals surface area contributed by atoms with Gasteiger partial charge in [-0.3, -0.25) is 4.90 Å². The summed E-state index contributed by atoms with van der Waals surface area (Å²) in [7, 11) is 0. The molecule has 1 rings (SSSR count). The van der Waals surface area contributed by atoms with Crippen LogP contribution in [0.25, 0.3) is 0 Å². The number of rotatable bonds is 1. The fourth-order valence-electron chi connectivity index (χ4n) is 2.14. The number of alkyl halides is 1. The Hall–Kier alpha value is 0.250. The third-order valence-corrected chi connectivity index (χ3v) is 2.90. The van der Waals surface area contributed by atoms with E-state index in [1.165, 1.54) is 19.3 Å².